The third-order valence-electron chi connectivity index (χ3n) is 3.21. The summed E-state index contributed by atoms with van der Waals surface area (Å²) in [5, 5.41) is 0. The van der Waals surface area contributed by atoms with Crippen LogP contribution in [0.2, 0.25) is 0 Å². The molecule has 1 atom stereocenters. The van der Waals surface area contributed by atoms with Crippen molar-refractivity contribution in [2.75, 3.05) is 21.3 Å². The minimum absolute atomic E-state index is 0.138. The minimum Gasteiger partial charge on any atom is -0.497 e. The average molecular weight is 286 g/mol. The summed E-state index contributed by atoms with van der Waals surface area (Å²) < 4.78 is 15.8. The van der Waals surface area contributed by atoms with Crippen LogP contribution in [0.15, 0.2) is 48.5 Å². The van der Waals surface area contributed by atoms with Crippen molar-refractivity contribution in [1.82, 2.24) is 0 Å². The highest BCUT2D eigenvalue weighted by Gasteiger charge is 2.22. The molecule has 0 amide bonds. The Morgan fingerprint density at radius 3 is 1.95 bits per heavy atom. The molecule has 0 aliphatic carbocycles. The smallest absolute Gasteiger partial charge is 0.196 e. The van der Waals surface area contributed by atoms with E-state index in [9.17, 15) is 4.79 Å². The SMILES string of the molecule is COc1cc(OC)cc(C(=O)C(OC)c2ccccc2)c1. The Morgan fingerprint density at radius 2 is 1.48 bits per heavy atom. The van der Waals surface area contributed by atoms with Gasteiger partial charge in [-0.3, -0.25) is 4.79 Å². The van der Waals surface area contributed by atoms with Gasteiger partial charge in [0.15, 0.2) is 5.78 Å². The summed E-state index contributed by atoms with van der Waals surface area (Å²) in [6, 6.07) is 14.5. The van der Waals surface area contributed by atoms with E-state index < -0.39 is 6.10 Å². The molecule has 4 nitrogen and oxygen atoms in total. The van der Waals surface area contributed by atoms with Gasteiger partial charge in [0.1, 0.15) is 17.6 Å². The molecule has 0 radical (unpaired) electrons. The van der Waals surface area contributed by atoms with Crippen LogP contribution in [0.3, 0.4) is 0 Å². The van der Waals surface area contributed by atoms with Gasteiger partial charge in [0.05, 0.1) is 14.2 Å². The lowest BCUT2D eigenvalue weighted by molar-refractivity contribution is 0.0604. The number of carbonyl (C=O) groups excluding carboxylic acids is 1. The summed E-state index contributed by atoms with van der Waals surface area (Å²) in [6.45, 7) is 0. The van der Waals surface area contributed by atoms with Crippen LogP contribution in [0, 0.1) is 0 Å². The molecule has 0 bridgehead atoms. The first-order valence-electron chi connectivity index (χ1n) is 6.54. The highest BCUT2D eigenvalue weighted by Crippen LogP contribution is 2.27. The number of carbonyl (C=O) groups is 1. The number of ketones is 1. The zero-order valence-electron chi connectivity index (χ0n) is 12.3. The number of rotatable bonds is 6. The molecule has 2 rings (SSSR count). The van der Waals surface area contributed by atoms with Gasteiger partial charge in [-0.1, -0.05) is 30.3 Å². The van der Waals surface area contributed by atoms with Crippen molar-refractivity contribution in [3.63, 3.8) is 0 Å². The maximum atomic E-state index is 12.7. The molecule has 0 N–H and O–H groups in total. The Bertz CT molecular complexity index is 585. The predicted octanol–water partition coefficient (Wildman–Crippen LogP) is 3.27. The molecular formula is C17H18O4. The van der Waals surface area contributed by atoms with Crippen molar-refractivity contribution in [3.8, 4) is 11.5 Å². The molecular weight excluding hydrogens is 268 g/mol. The molecule has 0 aliphatic rings. The molecule has 0 spiro atoms. The lowest BCUT2D eigenvalue weighted by Gasteiger charge is -2.15. The lowest BCUT2D eigenvalue weighted by Crippen LogP contribution is -2.15. The van der Waals surface area contributed by atoms with Gasteiger partial charge in [-0.05, 0) is 17.7 Å². The summed E-state index contributed by atoms with van der Waals surface area (Å²) >= 11 is 0. The summed E-state index contributed by atoms with van der Waals surface area (Å²) in [5.41, 5.74) is 1.30. The van der Waals surface area contributed by atoms with Crippen molar-refractivity contribution in [2.24, 2.45) is 0 Å². The van der Waals surface area contributed by atoms with Crippen molar-refractivity contribution < 1.29 is 19.0 Å². The van der Waals surface area contributed by atoms with Gasteiger partial charge < -0.3 is 14.2 Å². The Kier molecular flexibility index (Phi) is 4.95. The van der Waals surface area contributed by atoms with Gasteiger partial charge >= 0.3 is 0 Å². The molecule has 1 unspecified atom stereocenters. The molecule has 0 heterocycles. The zero-order chi connectivity index (χ0) is 15.2. The quantitative estimate of drug-likeness (QED) is 0.764. The summed E-state index contributed by atoms with van der Waals surface area (Å²) in [7, 11) is 4.62. The first-order chi connectivity index (χ1) is 10.2. The summed E-state index contributed by atoms with van der Waals surface area (Å²) in [6.07, 6.45) is -0.650. The van der Waals surface area contributed by atoms with Crippen LogP contribution in [0.5, 0.6) is 11.5 Å². The Morgan fingerprint density at radius 1 is 0.905 bits per heavy atom. The molecule has 4 heteroatoms. The topological polar surface area (TPSA) is 44.8 Å². The minimum atomic E-state index is -0.650. The van der Waals surface area contributed by atoms with Crippen LogP contribution in [0.4, 0.5) is 0 Å². The Labute approximate surface area is 124 Å². The number of hydrogen-bond acceptors (Lipinski definition) is 4. The molecule has 2 aromatic carbocycles. The fourth-order valence-electron chi connectivity index (χ4n) is 2.12. The van der Waals surface area contributed by atoms with Crippen molar-refractivity contribution in [2.45, 2.75) is 6.10 Å². The van der Waals surface area contributed by atoms with Crippen LogP contribution in [-0.2, 0) is 4.74 Å². The largest absolute Gasteiger partial charge is 0.497 e. The predicted molar refractivity (Wildman–Crippen MR) is 80.1 cm³/mol. The van der Waals surface area contributed by atoms with E-state index in [0.29, 0.717) is 17.1 Å². The van der Waals surface area contributed by atoms with E-state index in [2.05, 4.69) is 0 Å². The van der Waals surface area contributed by atoms with Crippen LogP contribution in [-0.4, -0.2) is 27.1 Å². The second kappa shape index (κ2) is 6.90. The third kappa shape index (κ3) is 3.41. The molecule has 110 valence electrons. The van der Waals surface area contributed by atoms with E-state index in [-0.39, 0.29) is 5.78 Å². The van der Waals surface area contributed by atoms with E-state index in [1.165, 1.54) is 7.11 Å². The molecule has 0 aromatic heterocycles. The number of methoxy groups -OCH3 is 3. The van der Waals surface area contributed by atoms with Gasteiger partial charge in [0.2, 0.25) is 0 Å². The van der Waals surface area contributed by atoms with E-state index in [1.54, 1.807) is 32.4 Å². The summed E-state index contributed by atoms with van der Waals surface area (Å²) in [5.74, 6) is 1.00. The molecule has 2 aromatic rings. The Hall–Kier alpha value is -2.33. The van der Waals surface area contributed by atoms with Gasteiger partial charge in [-0.2, -0.15) is 0 Å². The Balaban J connectivity index is 2.38. The number of hydrogen-bond donors (Lipinski definition) is 0. The average Bonchev–Trinajstić information content (AvgIpc) is 2.55. The van der Waals surface area contributed by atoms with Crippen molar-refractivity contribution >= 4 is 5.78 Å². The highest BCUT2D eigenvalue weighted by molar-refractivity contribution is 6.00. The van der Waals surface area contributed by atoms with E-state index in [0.717, 1.165) is 5.56 Å². The van der Waals surface area contributed by atoms with Crippen molar-refractivity contribution in [3.05, 3.63) is 59.7 Å². The first kappa shape index (κ1) is 15.1. The standard InChI is InChI=1S/C17H18O4/c1-19-14-9-13(10-15(11-14)20-2)16(18)17(21-3)12-7-5-4-6-8-12/h4-11,17H,1-3H3. The van der Waals surface area contributed by atoms with Gasteiger partial charge in [0, 0.05) is 18.7 Å². The van der Waals surface area contributed by atoms with E-state index in [1.807, 2.05) is 30.3 Å². The molecule has 21 heavy (non-hydrogen) atoms. The molecule has 0 saturated carbocycles. The third-order valence-corrected chi connectivity index (χ3v) is 3.21. The maximum absolute atomic E-state index is 12.7. The van der Waals surface area contributed by atoms with Gasteiger partial charge in [-0.15, -0.1) is 0 Å². The van der Waals surface area contributed by atoms with E-state index in [4.69, 9.17) is 14.2 Å². The molecule has 0 fully saturated rings. The number of ether oxygens (including phenoxy) is 3. The molecule has 0 aliphatic heterocycles. The molecule has 0 saturated heterocycles. The number of Topliss-reactive ketones (excluding diaryl/α,β-unsaturated/α-hetero) is 1. The zero-order valence-corrected chi connectivity index (χ0v) is 12.3. The monoisotopic (exact) mass is 286 g/mol. The second-order valence-electron chi connectivity index (χ2n) is 4.49. The maximum Gasteiger partial charge on any atom is 0.196 e. The van der Waals surface area contributed by atoms with Crippen LogP contribution < -0.4 is 9.47 Å². The highest BCUT2D eigenvalue weighted by atomic mass is 16.5. The fraction of sp³-hybridized carbons (Fsp3) is 0.235. The van der Waals surface area contributed by atoms with Gasteiger partial charge in [0.25, 0.3) is 0 Å². The first-order valence-corrected chi connectivity index (χ1v) is 6.54. The van der Waals surface area contributed by atoms with E-state index >= 15 is 0 Å². The lowest BCUT2D eigenvalue weighted by atomic mass is 9.99. The summed E-state index contributed by atoms with van der Waals surface area (Å²) in [4.78, 5) is 12.7. The van der Waals surface area contributed by atoms with Gasteiger partial charge in [-0.25, -0.2) is 0 Å². The fourth-order valence-corrected chi connectivity index (χ4v) is 2.12. The second-order valence-corrected chi connectivity index (χ2v) is 4.49. The van der Waals surface area contributed by atoms with Crippen molar-refractivity contribution in [1.29, 1.82) is 0 Å². The van der Waals surface area contributed by atoms with Crippen LogP contribution in [0.1, 0.15) is 22.0 Å². The number of benzene rings is 2. The normalized spacial score (nSPS) is 11.8. The van der Waals surface area contributed by atoms with Crippen LogP contribution >= 0.6 is 0 Å². The van der Waals surface area contributed by atoms with Crippen LogP contribution in [0.25, 0.3) is 0 Å².